The Morgan fingerprint density at radius 1 is 1.21 bits per heavy atom. The molecule has 1 aromatic carbocycles. The van der Waals surface area contributed by atoms with Gasteiger partial charge in [0.2, 0.25) is 5.91 Å². The van der Waals surface area contributed by atoms with Crippen molar-refractivity contribution in [1.29, 1.82) is 0 Å². The second-order valence-electron chi connectivity index (χ2n) is 4.04. The molecule has 0 fully saturated rings. The number of amides is 1. The third-order valence-electron chi connectivity index (χ3n) is 2.57. The molecule has 0 atom stereocenters. The molecular formula is C14H12F2N2O. The summed E-state index contributed by atoms with van der Waals surface area (Å²) in [5.41, 5.74) is 1.19. The van der Waals surface area contributed by atoms with E-state index in [0.717, 1.165) is 12.1 Å². The molecule has 3 nitrogen and oxygen atoms in total. The third kappa shape index (κ3) is 3.84. The van der Waals surface area contributed by atoms with Crippen LogP contribution in [-0.2, 0) is 11.2 Å². The second-order valence-corrected chi connectivity index (χ2v) is 4.04. The van der Waals surface area contributed by atoms with Crippen molar-refractivity contribution in [3.63, 3.8) is 0 Å². The number of carbonyl (C=O) groups is 1. The molecule has 0 saturated carbocycles. The van der Waals surface area contributed by atoms with Crippen LogP contribution in [0, 0.1) is 11.6 Å². The first-order valence-corrected chi connectivity index (χ1v) is 5.79. The monoisotopic (exact) mass is 262 g/mol. The number of aromatic nitrogens is 1. The predicted octanol–water partition coefficient (Wildman–Crippen LogP) is 2.93. The summed E-state index contributed by atoms with van der Waals surface area (Å²) in [5.74, 6) is -1.98. The van der Waals surface area contributed by atoms with Crippen molar-refractivity contribution in [2.75, 3.05) is 5.32 Å². The number of anilines is 1. The van der Waals surface area contributed by atoms with Gasteiger partial charge in [-0.25, -0.2) is 8.78 Å². The van der Waals surface area contributed by atoms with Crippen molar-refractivity contribution < 1.29 is 13.6 Å². The number of pyridine rings is 1. The zero-order valence-electron chi connectivity index (χ0n) is 10.1. The van der Waals surface area contributed by atoms with Crippen LogP contribution in [0.3, 0.4) is 0 Å². The van der Waals surface area contributed by atoms with E-state index in [2.05, 4.69) is 10.3 Å². The first-order chi connectivity index (χ1) is 9.15. The van der Waals surface area contributed by atoms with Gasteiger partial charge < -0.3 is 5.32 Å². The van der Waals surface area contributed by atoms with Gasteiger partial charge in [0.05, 0.1) is 11.9 Å². The van der Waals surface area contributed by atoms with E-state index in [9.17, 15) is 13.6 Å². The van der Waals surface area contributed by atoms with Crippen molar-refractivity contribution >= 4 is 11.6 Å². The second kappa shape index (κ2) is 6.04. The summed E-state index contributed by atoms with van der Waals surface area (Å²) in [6, 6.07) is 7.07. The first kappa shape index (κ1) is 13.1. The Morgan fingerprint density at radius 2 is 2.05 bits per heavy atom. The molecule has 0 aliphatic rings. The van der Waals surface area contributed by atoms with Gasteiger partial charge >= 0.3 is 0 Å². The maximum Gasteiger partial charge on any atom is 0.224 e. The Kier molecular flexibility index (Phi) is 4.18. The van der Waals surface area contributed by atoms with E-state index < -0.39 is 11.6 Å². The van der Waals surface area contributed by atoms with Crippen molar-refractivity contribution in [2.24, 2.45) is 0 Å². The number of aryl methyl sites for hydroxylation is 1. The van der Waals surface area contributed by atoms with E-state index >= 15 is 0 Å². The van der Waals surface area contributed by atoms with Crippen LogP contribution in [0.1, 0.15) is 12.0 Å². The lowest BCUT2D eigenvalue weighted by Crippen LogP contribution is -2.12. The van der Waals surface area contributed by atoms with Crippen LogP contribution in [0.4, 0.5) is 14.5 Å². The minimum atomic E-state index is -0.898. The summed E-state index contributed by atoms with van der Waals surface area (Å²) in [7, 11) is 0. The molecule has 2 aromatic rings. The van der Waals surface area contributed by atoms with E-state index in [1.165, 1.54) is 12.3 Å². The molecule has 0 aliphatic carbocycles. The average Bonchev–Trinajstić information content (AvgIpc) is 2.41. The fourth-order valence-electron chi connectivity index (χ4n) is 1.61. The predicted molar refractivity (Wildman–Crippen MR) is 67.5 cm³/mol. The fourth-order valence-corrected chi connectivity index (χ4v) is 1.61. The van der Waals surface area contributed by atoms with Gasteiger partial charge in [0.15, 0.2) is 11.6 Å². The smallest absolute Gasteiger partial charge is 0.224 e. The molecule has 1 amide bonds. The normalized spacial score (nSPS) is 10.2. The molecule has 2 rings (SSSR count). The molecule has 19 heavy (non-hydrogen) atoms. The molecular weight excluding hydrogens is 250 g/mol. The van der Waals surface area contributed by atoms with Crippen LogP contribution in [0.25, 0.3) is 0 Å². The minimum absolute atomic E-state index is 0.194. The van der Waals surface area contributed by atoms with Gasteiger partial charge in [0, 0.05) is 12.6 Å². The largest absolute Gasteiger partial charge is 0.325 e. The Morgan fingerprint density at radius 3 is 2.74 bits per heavy atom. The number of nitrogens with one attached hydrogen (secondary N) is 1. The van der Waals surface area contributed by atoms with Crippen molar-refractivity contribution in [2.45, 2.75) is 12.8 Å². The van der Waals surface area contributed by atoms with Crippen molar-refractivity contribution in [3.8, 4) is 0 Å². The van der Waals surface area contributed by atoms with Gasteiger partial charge in [-0.15, -0.1) is 0 Å². The Labute approximate surface area is 109 Å². The highest BCUT2D eigenvalue weighted by Gasteiger charge is 2.06. The minimum Gasteiger partial charge on any atom is -0.325 e. The zero-order valence-corrected chi connectivity index (χ0v) is 10.1. The summed E-state index contributed by atoms with van der Waals surface area (Å²) in [6.45, 7) is 0. The maximum atomic E-state index is 13.0. The van der Waals surface area contributed by atoms with Gasteiger partial charge in [-0.1, -0.05) is 6.07 Å². The molecule has 0 bridgehead atoms. The molecule has 1 aromatic heterocycles. The van der Waals surface area contributed by atoms with Crippen molar-refractivity contribution in [1.82, 2.24) is 4.98 Å². The summed E-state index contributed by atoms with van der Waals surface area (Å²) in [6.07, 6.45) is 3.69. The lowest BCUT2D eigenvalue weighted by Gasteiger charge is -2.05. The molecule has 1 heterocycles. The van der Waals surface area contributed by atoms with E-state index in [1.807, 2.05) is 0 Å². The quantitative estimate of drug-likeness (QED) is 0.920. The van der Waals surface area contributed by atoms with Gasteiger partial charge in [-0.2, -0.15) is 0 Å². The standard InChI is InChI=1S/C14H12F2N2O/c15-12-5-3-10(8-13(12)16)4-6-14(19)18-11-2-1-7-17-9-11/h1-3,5,7-9H,4,6H2,(H,18,19). The van der Waals surface area contributed by atoms with Crippen LogP contribution < -0.4 is 5.32 Å². The fraction of sp³-hybridized carbons (Fsp3) is 0.143. The number of benzene rings is 1. The summed E-state index contributed by atoms with van der Waals surface area (Å²) < 4.78 is 25.7. The lowest BCUT2D eigenvalue weighted by atomic mass is 10.1. The number of carbonyl (C=O) groups excluding carboxylic acids is 1. The molecule has 0 unspecified atom stereocenters. The van der Waals surface area contributed by atoms with Gasteiger partial charge in [-0.05, 0) is 36.2 Å². The lowest BCUT2D eigenvalue weighted by molar-refractivity contribution is -0.116. The van der Waals surface area contributed by atoms with Gasteiger partial charge in [0.1, 0.15) is 0 Å². The molecule has 0 spiro atoms. The molecule has 5 heteroatoms. The molecule has 0 aliphatic heterocycles. The number of rotatable bonds is 4. The number of nitrogens with zero attached hydrogens (tertiary/aromatic N) is 1. The summed E-state index contributed by atoms with van der Waals surface area (Å²) in [5, 5.41) is 2.67. The van der Waals surface area contributed by atoms with Crippen LogP contribution in [0.5, 0.6) is 0 Å². The highest BCUT2D eigenvalue weighted by molar-refractivity contribution is 5.90. The number of hydrogen-bond donors (Lipinski definition) is 1. The Balaban J connectivity index is 1.88. The first-order valence-electron chi connectivity index (χ1n) is 5.79. The van der Waals surface area contributed by atoms with E-state index in [-0.39, 0.29) is 12.3 Å². The van der Waals surface area contributed by atoms with Crippen molar-refractivity contribution in [3.05, 3.63) is 59.9 Å². The maximum absolute atomic E-state index is 13.0. The average molecular weight is 262 g/mol. The Bertz CT molecular complexity index is 573. The molecule has 98 valence electrons. The highest BCUT2D eigenvalue weighted by Crippen LogP contribution is 2.11. The van der Waals surface area contributed by atoms with Gasteiger partial charge in [-0.3, -0.25) is 9.78 Å². The van der Waals surface area contributed by atoms with Crippen LogP contribution in [0.15, 0.2) is 42.7 Å². The topological polar surface area (TPSA) is 42.0 Å². The SMILES string of the molecule is O=C(CCc1ccc(F)c(F)c1)Nc1cccnc1. The highest BCUT2D eigenvalue weighted by atomic mass is 19.2. The van der Waals surface area contributed by atoms with Gasteiger partial charge in [0.25, 0.3) is 0 Å². The molecule has 0 radical (unpaired) electrons. The van der Waals surface area contributed by atoms with E-state index in [4.69, 9.17) is 0 Å². The zero-order chi connectivity index (χ0) is 13.7. The van der Waals surface area contributed by atoms with E-state index in [1.54, 1.807) is 18.3 Å². The van der Waals surface area contributed by atoms with Crippen LogP contribution in [-0.4, -0.2) is 10.9 Å². The van der Waals surface area contributed by atoms with Crippen LogP contribution in [0.2, 0.25) is 0 Å². The molecule has 1 N–H and O–H groups in total. The van der Waals surface area contributed by atoms with Crippen LogP contribution >= 0.6 is 0 Å². The third-order valence-corrected chi connectivity index (χ3v) is 2.57. The number of hydrogen-bond acceptors (Lipinski definition) is 2. The molecule has 0 saturated heterocycles. The Hall–Kier alpha value is -2.30. The summed E-state index contributed by atoms with van der Waals surface area (Å²) in [4.78, 5) is 15.5. The number of halogens is 2. The summed E-state index contributed by atoms with van der Waals surface area (Å²) >= 11 is 0. The van der Waals surface area contributed by atoms with E-state index in [0.29, 0.717) is 17.7 Å².